The molecule has 0 fully saturated rings. The lowest BCUT2D eigenvalue weighted by Crippen LogP contribution is -2.14. The summed E-state index contributed by atoms with van der Waals surface area (Å²) in [6, 6.07) is 8.94. The molecule has 0 aliphatic carbocycles. The number of hydrazone groups is 1. The third kappa shape index (κ3) is 3.74. The number of rotatable bonds is 5. The summed E-state index contributed by atoms with van der Waals surface area (Å²) in [5.41, 5.74) is 5.77. The maximum absolute atomic E-state index is 4.18. The van der Waals surface area contributed by atoms with Crippen molar-refractivity contribution in [1.82, 2.24) is 5.43 Å². The van der Waals surface area contributed by atoms with Crippen molar-refractivity contribution in [3.63, 3.8) is 0 Å². The molecule has 0 heterocycles. The molecular weight excluding hydrogens is 184 g/mol. The highest BCUT2D eigenvalue weighted by Crippen LogP contribution is 2.16. The maximum atomic E-state index is 4.18. The minimum Gasteiger partial charge on any atom is -0.303 e. The van der Waals surface area contributed by atoms with Crippen molar-refractivity contribution in [2.24, 2.45) is 5.10 Å². The van der Waals surface area contributed by atoms with Gasteiger partial charge in [0, 0.05) is 6.21 Å². The van der Waals surface area contributed by atoms with E-state index >= 15 is 0 Å². The molecule has 15 heavy (non-hydrogen) atoms. The van der Waals surface area contributed by atoms with Crippen molar-refractivity contribution >= 4 is 6.21 Å². The summed E-state index contributed by atoms with van der Waals surface area (Å²) in [5, 5.41) is 4.18. The molecule has 0 bridgehead atoms. The Labute approximate surface area is 92.4 Å². The molecule has 0 aromatic heterocycles. The second kappa shape index (κ2) is 6.23. The highest BCUT2D eigenvalue weighted by atomic mass is 15.3. The molecule has 82 valence electrons. The van der Waals surface area contributed by atoms with Gasteiger partial charge in [-0.1, -0.05) is 43.7 Å². The van der Waals surface area contributed by atoms with Crippen LogP contribution in [-0.2, 0) is 0 Å². The zero-order valence-corrected chi connectivity index (χ0v) is 9.83. The molecular formula is C13H20N2. The number of benzene rings is 1. The molecule has 2 nitrogen and oxygen atoms in total. The summed E-state index contributed by atoms with van der Waals surface area (Å²) in [6.07, 6.45) is 3.91. The highest BCUT2D eigenvalue weighted by Gasteiger charge is 2.06. The van der Waals surface area contributed by atoms with Gasteiger partial charge < -0.3 is 5.43 Å². The Bertz CT molecular complexity index is 301. The average molecular weight is 204 g/mol. The van der Waals surface area contributed by atoms with Gasteiger partial charge >= 0.3 is 0 Å². The molecule has 2 heteroatoms. The minimum atomic E-state index is 0.327. The molecule has 1 atom stereocenters. The van der Waals surface area contributed by atoms with E-state index in [4.69, 9.17) is 0 Å². The van der Waals surface area contributed by atoms with Crippen molar-refractivity contribution < 1.29 is 0 Å². The van der Waals surface area contributed by atoms with E-state index < -0.39 is 0 Å². The molecule has 1 rings (SSSR count). The normalized spacial score (nSPS) is 13.0. The van der Waals surface area contributed by atoms with Crippen LogP contribution in [0.15, 0.2) is 29.4 Å². The molecule has 1 aromatic rings. The molecule has 0 aliphatic heterocycles. The minimum absolute atomic E-state index is 0.327. The van der Waals surface area contributed by atoms with Gasteiger partial charge in [0.1, 0.15) is 0 Å². The van der Waals surface area contributed by atoms with Crippen molar-refractivity contribution in [2.45, 2.75) is 39.7 Å². The van der Waals surface area contributed by atoms with E-state index in [9.17, 15) is 0 Å². The van der Waals surface area contributed by atoms with Gasteiger partial charge in [-0.15, -0.1) is 0 Å². The quantitative estimate of drug-likeness (QED) is 0.576. The second-order valence-electron chi connectivity index (χ2n) is 3.72. The number of nitrogens with one attached hydrogen (secondary N) is 1. The second-order valence-corrected chi connectivity index (χ2v) is 3.72. The number of hydrogen-bond acceptors (Lipinski definition) is 2. The van der Waals surface area contributed by atoms with Gasteiger partial charge in [-0.25, -0.2) is 0 Å². The number of aryl methyl sites for hydroxylation is 1. The summed E-state index contributed by atoms with van der Waals surface area (Å²) in [5.74, 6) is 0. The van der Waals surface area contributed by atoms with Crippen LogP contribution >= 0.6 is 0 Å². The third-order valence-electron chi connectivity index (χ3n) is 2.39. The number of hydrogen-bond donors (Lipinski definition) is 1. The SMILES string of the molecule is CCC=NNC(CC)c1ccc(C)cc1. The summed E-state index contributed by atoms with van der Waals surface area (Å²) >= 11 is 0. The molecule has 0 amide bonds. The van der Waals surface area contributed by atoms with Crippen LogP contribution in [0.5, 0.6) is 0 Å². The molecule has 0 saturated heterocycles. The fourth-order valence-corrected chi connectivity index (χ4v) is 1.43. The summed E-state index contributed by atoms with van der Waals surface area (Å²) in [7, 11) is 0. The predicted octanol–water partition coefficient (Wildman–Crippen LogP) is 3.43. The zero-order chi connectivity index (χ0) is 11.1. The molecule has 1 N–H and O–H groups in total. The number of nitrogens with zero attached hydrogens (tertiary/aromatic N) is 1. The van der Waals surface area contributed by atoms with Crippen molar-refractivity contribution in [2.75, 3.05) is 0 Å². The Morgan fingerprint density at radius 2 is 1.93 bits per heavy atom. The van der Waals surface area contributed by atoms with Gasteiger partial charge in [0.15, 0.2) is 0 Å². The van der Waals surface area contributed by atoms with Crippen molar-refractivity contribution in [3.05, 3.63) is 35.4 Å². The van der Waals surface area contributed by atoms with Crippen LogP contribution in [0, 0.1) is 6.92 Å². The van der Waals surface area contributed by atoms with E-state index in [0.29, 0.717) is 6.04 Å². The Balaban J connectivity index is 2.65. The Morgan fingerprint density at radius 3 is 2.47 bits per heavy atom. The van der Waals surface area contributed by atoms with Crippen LogP contribution in [0.1, 0.15) is 43.9 Å². The Kier molecular flexibility index (Phi) is 4.88. The van der Waals surface area contributed by atoms with Crippen molar-refractivity contribution in [3.8, 4) is 0 Å². The fourth-order valence-electron chi connectivity index (χ4n) is 1.43. The largest absolute Gasteiger partial charge is 0.303 e. The average Bonchev–Trinajstić information content (AvgIpc) is 2.26. The first-order valence-electron chi connectivity index (χ1n) is 5.61. The van der Waals surface area contributed by atoms with E-state index in [1.54, 1.807) is 0 Å². The molecule has 0 radical (unpaired) electrons. The van der Waals surface area contributed by atoms with Gasteiger partial charge in [-0.2, -0.15) is 5.10 Å². The summed E-state index contributed by atoms with van der Waals surface area (Å²) < 4.78 is 0. The lowest BCUT2D eigenvalue weighted by atomic mass is 10.0. The molecule has 0 aliphatic rings. The maximum Gasteiger partial charge on any atom is 0.0686 e. The van der Waals surface area contributed by atoms with Gasteiger partial charge in [0.25, 0.3) is 0 Å². The molecule has 1 aromatic carbocycles. The molecule has 1 unspecified atom stereocenters. The smallest absolute Gasteiger partial charge is 0.0686 e. The van der Waals surface area contributed by atoms with Gasteiger partial charge in [0.05, 0.1) is 6.04 Å². The Morgan fingerprint density at radius 1 is 1.27 bits per heavy atom. The molecule has 0 spiro atoms. The summed E-state index contributed by atoms with van der Waals surface area (Å²) in [4.78, 5) is 0. The predicted molar refractivity (Wildman–Crippen MR) is 66.1 cm³/mol. The summed E-state index contributed by atoms with van der Waals surface area (Å²) in [6.45, 7) is 6.35. The van der Waals surface area contributed by atoms with E-state index in [-0.39, 0.29) is 0 Å². The van der Waals surface area contributed by atoms with E-state index in [0.717, 1.165) is 12.8 Å². The van der Waals surface area contributed by atoms with Crippen LogP contribution in [0.3, 0.4) is 0 Å². The lowest BCUT2D eigenvalue weighted by Gasteiger charge is -2.14. The van der Waals surface area contributed by atoms with Gasteiger partial charge in [-0.3, -0.25) is 0 Å². The fraction of sp³-hybridized carbons (Fsp3) is 0.462. The van der Waals surface area contributed by atoms with E-state index in [2.05, 4.69) is 55.6 Å². The van der Waals surface area contributed by atoms with Crippen LogP contribution < -0.4 is 5.43 Å². The molecule has 0 saturated carbocycles. The van der Waals surface area contributed by atoms with Gasteiger partial charge in [0.2, 0.25) is 0 Å². The highest BCUT2D eigenvalue weighted by molar-refractivity contribution is 5.56. The third-order valence-corrected chi connectivity index (χ3v) is 2.39. The first kappa shape index (κ1) is 11.8. The van der Waals surface area contributed by atoms with Crippen molar-refractivity contribution in [1.29, 1.82) is 0 Å². The van der Waals surface area contributed by atoms with Crippen LogP contribution in [0.2, 0.25) is 0 Å². The topological polar surface area (TPSA) is 24.4 Å². The van der Waals surface area contributed by atoms with Gasteiger partial charge in [-0.05, 0) is 25.3 Å². The van der Waals surface area contributed by atoms with E-state index in [1.807, 2.05) is 6.21 Å². The van der Waals surface area contributed by atoms with Crippen LogP contribution in [0.4, 0.5) is 0 Å². The first-order valence-corrected chi connectivity index (χ1v) is 5.61. The van der Waals surface area contributed by atoms with E-state index in [1.165, 1.54) is 11.1 Å². The standard InChI is InChI=1S/C13H20N2/c1-4-10-14-15-13(5-2)12-8-6-11(3)7-9-12/h6-10,13,15H,4-5H2,1-3H3. The van der Waals surface area contributed by atoms with Crippen LogP contribution in [-0.4, -0.2) is 6.21 Å². The lowest BCUT2D eigenvalue weighted by molar-refractivity contribution is 0.542. The zero-order valence-electron chi connectivity index (χ0n) is 9.83. The monoisotopic (exact) mass is 204 g/mol. The first-order chi connectivity index (χ1) is 7.27. The van der Waals surface area contributed by atoms with Crippen LogP contribution in [0.25, 0.3) is 0 Å². The Hall–Kier alpha value is -1.31.